The number of carbonyl (C=O) groups excluding carboxylic acids is 4. The second kappa shape index (κ2) is 15.2. The summed E-state index contributed by atoms with van der Waals surface area (Å²) >= 11 is 0. The molecular weight excluding hydrogens is 784 g/mol. The Morgan fingerprint density at radius 3 is 2.59 bits per heavy atom. The Kier molecular flexibility index (Phi) is 10.9. The normalized spacial score (nSPS) is 28.8. The molecule has 316 valence electrons. The fourth-order valence-corrected chi connectivity index (χ4v) is 9.61. The van der Waals surface area contributed by atoms with Gasteiger partial charge in [0.15, 0.2) is 0 Å². The smallest absolute Gasteiger partial charge is 0.483 e. The van der Waals surface area contributed by atoms with Crippen molar-refractivity contribution in [2.75, 3.05) is 13.2 Å². The number of aryl methyl sites for hydroxylation is 2. The van der Waals surface area contributed by atoms with Crippen molar-refractivity contribution < 1.29 is 55.0 Å². The summed E-state index contributed by atoms with van der Waals surface area (Å²) in [6.45, 7) is 7.02. The molecule has 2 aromatic rings. The Bertz CT molecular complexity index is 2140. The first kappa shape index (κ1) is 41.5. The fraction of sp³-hybridized carbons (Fsp3) is 0.625. The molecule has 3 aliphatic heterocycles. The molecule has 5 atom stereocenters. The Morgan fingerprint density at radius 2 is 1.88 bits per heavy atom. The van der Waals surface area contributed by atoms with Gasteiger partial charge >= 0.3 is 12.5 Å². The molecule has 3 fully saturated rings. The number of hydrogen-bond donors (Lipinski definition) is 3. The van der Waals surface area contributed by atoms with Gasteiger partial charge in [0.2, 0.25) is 21.8 Å². The SMILES string of the molecule is Cc1nc2ccc(OC(F)(F)F)cc2c2c1O[C@]1(CC2)C[C@H]2C(=O)N[C@]3(C(=O)NS(=O)(=O)C4(C)CC4)CC3/C=C\CCCCC[C@H](NC(=O)OCC(C)C)C(=O)N2C1. The van der Waals surface area contributed by atoms with E-state index >= 15 is 0 Å². The number of alkyl halides is 3. The summed E-state index contributed by atoms with van der Waals surface area (Å²) in [4.78, 5) is 62.2. The molecule has 4 amide bonds. The number of nitrogens with one attached hydrogen (secondary N) is 3. The Labute approximate surface area is 335 Å². The molecule has 1 aromatic heterocycles. The highest BCUT2D eigenvalue weighted by Gasteiger charge is 2.64. The number of pyridine rings is 1. The van der Waals surface area contributed by atoms with Gasteiger partial charge in [0.1, 0.15) is 34.7 Å². The molecule has 0 radical (unpaired) electrons. The van der Waals surface area contributed by atoms with E-state index in [1.807, 2.05) is 26.0 Å². The van der Waals surface area contributed by atoms with E-state index in [9.17, 15) is 40.8 Å². The summed E-state index contributed by atoms with van der Waals surface area (Å²) < 4.78 is 83.2. The van der Waals surface area contributed by atoms with Crippen molar-refractivity contribution in [1.82, 2.24) is 25.2 Å². The van der Waals surface area contributed by atoms with Crippen LogP contribution in [0, 0.1) is 18.8 Å². The third kappa shape index (κ3) is 8.43. The lowest BCUT2D eigenvalue weighted by atomic mass is 9.87. The zero-order valence-corrected chi connectivity index (χ0v) is 33.8. The molecular formula is C40H50F3N5O9S. The highest BCUT2D eigenvalue weighted by molar-refractivity contribution is 7.91. The lowest BCUT2D eigenvalue weighted by Crippen LogP contribution is -2.58. The number of amides is 4. The summed E-state index contributed by atoms with van der Waals surface area (Å²) in [7, 11) is -4.05. The van der Waals surface area contributed by atoms with Crippen molar-refractivity contribution in [1.29, 1.82) is 0 Å². The van der Waals surface area contributed by atoms with Gasteiger partial charge in [0, 0.05) is 23.3 Å². The topological polar surface area (TPSA) is 182 Å². The van der Waals surface area contributed by atoms with E-state index in [4.69, 9.17) is 9.47 Å². The molecule has 1 unspecified atom stereocenters. The molecule has 14 nitrogen and oxygen atoms in total. The van der Waals surface area contributed by atoms with Crippen molar-refractivity contribution in [2.24, 2.45) is 11.8 Å². The fourth-order valence-electron chi connectivity index (χ4n) is 8.29. The second-order valence-electron chi connectivity index (χ2n) is 17.1. The molecule has 2 aliphatic carbocycles. The largest absolute Gasteiger partial charge is 0.573 e. The first-order chi connectivity index (χ1) is 27.2. The molecule has 58 heavy (non-hydrogen) atoms. The van der Waals surface area contributed by atoms with Gasteiger partial charge in [-0.25, -0.2) is 18.2 Å². The van der Waals surface area contributed by atoms with Crippen LogP contribution in [0.3, 0.4) is 0 Å². The number of alkyl carbamates (subject to hydrolysis) is 1. The lowest BCUT2D eigenvalue weighted by Gasteiger charge is -2.36. The third-order valence-electron chi connectivity index (χ3n) is 12.0. The van der Waals surface area contributed by atoms with Gasteiger partial charge in [0.05, 0.1) is 29.1 Å². The number of hydrogen-bond acceptors (Lipinski definition) is 10. The molecule has 4 heterocycles. The van der Waals surface area contributed by atoms with E-state index in [1.54, 1.807) is 13.8 Å². The van der Waals surface area contributed by atoms with Crippen molar-refractivity contribution in [3.05, 3.63) is 41.6 Å². The van der Waals surface area contributed by atoms with E-state index in [0.29, 0.717) is 66.4 Å². The van der Waals surface area contributed by atoms with Crippen LogP contribution in [-0.4, -0.2) is 89.6 Å². The molecule has 7 rings (SSSR count). The van der Waals surface area contributed by atoms with E-state index in [1.165, 1.54) is 23.1 Å². The third-order valence-corrected chi connectivity index (χ3v) is 14.2. The maximum atomic E-state index is 14.7. The van der Waals surface area contributed by atoms with Crippen LogP contribution in [0.25, 0.3) is 10.9 Å². The van der Waals surface area contributed by atoms with Crippen molar-refractivity contribution in [3.8, 4) is 11.5 Å². The van der Waals surface area contributed by atoms with Gasteiger partial charge in [-0.05, 0) is 89.3 Å². The Morgan fingerprint density at radius 1 is 1.12 bits per heavy atom. The summed E-state index contributed by atoms with van der Waals surface area (Å²) in [6.07, 6.45) is 2.42. The van der Waals surface area contributed by atoms with E-state index in [2.05, 4.69) is 25.1 Å². The number of allylic oxidation sites excluding steroid dienone is 1. The minimum absolute atomic E-state index is 0.0389. The monoisotopic (exact) mass is 833 g/mol. The number of benzene rings is 1. The minimum Gasteiger partial charge on any atom is -0.483 e. The molecule has 5 aliphatic rings. The van der Waals surface area contributed by atoms with Crippen LogP contribution < -0.4 is 24.8 Å². The lowest BCUT2D eigenvalue weighted by molar-refractivity contribution is -0.274. The number of nitrogens with zero attached hydrogens (tertiary/aromatic N) is 2. The first-order valence-corrected chi connectivity index (χ1v) is 21.4. The van der Waals surface area contributed by atoms with E-state index in [0.717, 1.165) is 6.42 Å². The molecule has 18 heteroatoms. The highest BCUT2D eigenvalue weighted by Crippen LogP contribution is 2.49. The van der Waals surface area contributed by atoms with Crippen molar-refractivity contribution in [3.63, 3.8) is 0 Å². The maximum Gasteiger partial charge on any atom is 0.573 e. The summed E-state index contributed by atoms with van der Waals surface area (Å²) in [5.74, 6) is -2.67. The zero-order chi connectivity index (χ0) is 41.8. The van der Waals surface area contributed by atoms with E-state index in [-0.39, 0.29) is 44.8 Å². The molecule has 2 saturated carbocycles. The Balaban J connectivity index is 1.23. The average molecular weight is 834 g/mol. The second-order valence-corrected chi connectivity index (χ2v) is 19.3. The standard InChI is InChI=1S/C40H50F3N5O9S/c1-23(2)21-55-36(52)45-30-11-9-7-5-6-8-10-25-19-39(25,35(51)47-58(53,54)37(4)16-17-37)46-33(49)31-20-38(22-48(31)34(30)50)15-14-27-28-18-26(56-40(41,42)43)12-13-29(28)44-24(3)32(27)57-38/h8,10,12-13,18,23,25,30-31H,5-7,9,11,14-17,19-22H2,1-4H3,(H,45,52)(H,46,49)(H,47,51)/b10-8-/t25?,30-,31-,38+,39+/m0/s1. The number of aromatic nitrogens is 1. The van der Waals surface area contributed by atoms with Crippen molar-refractivity contribution in [2.45, 2.75) is 133 Å². The van der Waals surface area contributed by atoms with Gasteiger partial charge in [0.25, 0.3) is 5.91 Å². The number of rotatable bonds is 7. The van der Waals surface area contributed by atoms with Crippen LogP contribution in [0.15, 0.2) is 30.4 Å². The summed E-state index contributed by atoms with van der Waals surface area (Å²) in [5.41, 5.74) is -1.28. The van der Waals surface area contributed by atoms with Crippen LogP contribution in [0.5, 0.6) is 11.5 Å². The molecule has 3 N–H and O–H groups in total. The van der Waals surface area contributed by atoms with Crippen molar-refractivity contribution >= 4 is 44.7 Å². The van der Waals surface area contributed by atoms with Crippen LogP contribution in [0.4, 0.5) is 18.0 Å². The van der Waals surface area contributed by atoms with Crippen LogP contribution >= 0.6 is 0 Å². The van der Waals surface area contributed by atoms with Gasteiger partial charge in [-0.1, -0.05) is 38.8 Å². The van der Waals surface area contributed by atoms with Crippen LogP contribution in [-0.2, 0) is 35.6 Å². The zero-order valence-electron chi connectivity index (χ0n) is 33.0. The predicted molar refractivity (Wildman–Crippen MR) is 204 cm³/mol. The Hall–Kier alpha value is -4.61. The molecule has 0 bridgehead atoms. The van der Waals surface area contributed by atoms with Gasteiger partial charge in [-0.3, -0.25) is 19.1 Å². The number of halogens is 3. The average Bonchev–Trinajstić information content (AvgIpc) is 4.04. The molecule has 1 spiro atoms. The number of ether oxygens (including phenoxy) is 3. The predicted octanol–water partition coefficient (Wildman–Crippen LogP) is 5.25. The van der Waals surface area contributed by atoms with Crippen LogP contribution in [0.2, 0.25) is 0 Å². The van der Waals surface area contributed by atoms with Gasteiger partial charge in [-0.2, -0.15) is 0 Å². The maximum absolute atomic E-state index is 14.7. The van der Waals surface area contributed by atoms with Gasteiger partial charge in [-0.15, -0.1) is 13.2 Å². The van der Waals surface area contributed by atoms with E-state index < -0.39 is 79.8 Å². The highest BCUT2D eigenvalue weighted by atomic mass is 32.2. The summed E-state index contributed by atoms with van der Waals surface area (Å²) in [5, 5.41) is 5.99. The summed E-state index contributed by atoms with van der Waals surface area (Å²) in [6, 6.07) is 1.59. The molecule has 1 saturated heterocycles. The number of sulfonamides is 1. The number of fused-ring (bicyclic) bond motifs is 5. The number of carbonyl (C=O) groups is 4. The minimum atomic E-state index is -4.91. The molecule has 1 aromatic carbocycles. The first-order valence-electron chi connectivity index (χ1n) is 19.9. The van der Waals surface area contributed by atoms with Gasteiger partial charge < -0.3 is 29.7 Å². The van der Waals surface area contributed by atoms with Crippen LogP contribution in [0.1, 0.15) is 96.2 Å². The quantitative estimate of drug-likeness (QED) is 0.312.